The van der Waals surface area contributed by atoms with E-state index in [4.69, 9.17) is 0 Å². The van der Waals surface area contributed by atoms with Crippen molar-refractivity contribution in [1.82, 2.24) is 9.97 Å². The van der Waals surface area contributed by atoms with Crippen molar-refractivity contribution in [2.75, 3.05) is 11.4 Å². The van der Waals surface area contributed by atoms with Crippen molar-refractivity contribution < 1.29 is 31.8 Å². The Bertz CT molecular complexity index is 355. The molecule has 0 spiro atoms. The summed E-state index contributed by atoms with van der Waals surface area (Å²) in [6.45, 7) is 0. The summed E-state index contributed by atoms with van der Waals surface area (Å²) < 4.78 is 31.9. The summed E-state index contributed by atoms with van der Waals surface area (Å²) in [5.74, 6) is 0. The molecule has 0 aliphatic rings. The van der Waals surface area contributed by atoms with Crippen LogP contribution >= 0.6 is 0 Å². The Morgan fingerprint density at radius 2 is 1.85 bits per heavy atom. The topological polar surface area (TPSA) is 86.2 Å². The van der Waals surface area contributed by atoms with Crippen molar-refractivity contribution in [2.24, 2.45) is 0 Å². The third-order valence-corrected chi connectivity index (χ3v) is 2.13. The number of anilines is 1. The van der Waals surface area contributed by atoms with Gasteiger partial charge in [-0.1, -0.05) is 0 Å². The van der Waals surface area contributed by atoms with Gasteiger partial charge in [-0.3, -0.25) is 4.31 Å². The van der Waals surface area contributed by atoms with E-state index < -0.39 is 10.3 Å². The van der Waals surface area contributed by atoms with Crippen LogP contribution in [0.15, 0.2) is 18.7 Å². The Kier molecular flexibility index (Phi) is 4.36. The first-order valence-corrected chi connectivity index (χ1v) is 4.33. The monoisotopic (exact) mass is 195 g/mol. The van der Waals surface area contributed by atoms with Crippen LogP contribution in [0.2, 0.25) is 0 Å². The van der Waals surface area contributed by atoms with E-state index in [2.05, 4.69) is 9.97 Å². The average molecular weight is 195 g/mol. The van der Waals surface area contributed by atoms with E-state index in [9.17, 15) is 13.0 Å². The van der Waals surface area contributed by atoms with Crippen molar-refractivity contribution in [2.45, 2.75) is 0 Å². The van der Waals surface area contributed by atoms with Crippen LogP contribution in [0.1, 0.15) is 0 Å². The summed E-state index contributed by atoms with van der Waals surface area (Å²) in [5.41, 5.74) is 0.146. The molecule has 6 nitrogen and oxygen atoms in total. The second-order valence-electron chi connectivity index (χ2n) is 2.02. The maximum Gasteiger partial charge on any atom is 1.00 e. The van der Waals surface area contributed by atoms with Gasteiger partial charge in [0.15, 0.2) is 10.3 Å². The summed E-state index contributed by atoms with van der Waals surface area (Å²) in [5, 5.41) is 0. The number of nitrogens with zero attached hydrogens (tertiary/aromatic N) is 3. The zero-order valence-electron chi connectivity index (χ0n) is 7.21. The van der Waals surface area contributed by atoms with E-state index >= 15 is 0 Å². The van der Waals surface area contributed by atoms with Crippen molar-refractivity contribution in [3.05, 3.63) is 18.7 Å². The fourth-order valence-electron chi connectivity index (χ4n) is 0.583. The summed E-state index contributed by atoms with van der Waals surface area (Å²) >= 11 is 0. The Balaban J connectivity index is 0.00000144. The maximum atomic E-state index is 10.4. The molecule has 0 aliphatic carbocycles. The minimum Gasteiger partial charge on any atom is -0.731 e. The molecule has 8 heteroatoms. The molecule has 13 heavy (non-hydrogen) atoms. The number of hydrogen-bond donors (Lipinski definition) is 0. The van der Waals surface area contributed by atoms with Gasteiger partial charge in [-0.05, 0) is 0 Å². The molecule has 0 atom stereocenters. The molecule has 1 heterocycles. The van der Waals surface area contributed by atoms with Crippen LogP contribution < -0.4 is 23.2 Å². The smallest absolute Gasteiger partial charge is 0.731 e. The maximum absolute atomic E-state index is 10.4. The summed E-state index contributed by atoms with van der Waals surface area (Å²) in [6, 6.07) is 0. The number of aromatic nitrogens is 2. The van der Waals surface area contributed by atoms with Gasteiger partial charge in [0.1, 0.15) is 6.33 Å². The average Bonchev–Trinajstić information content (AvgIpc) is 2.03. The van der Waals surface area contributed by atoms with Crippen LogP contribution in [0.5, 0.6) is 0 Å². The molecule has 1 aromatic heterocycles. The molecule has 0 amide bonds. The van der Waals surface area contributed by atoms with E-state index in [1.807, 2.05) is 0 Å². The Hall–Kier alpha value is -0.613. The third kappa shape index (κ3) is 3.32. The predicted molar refractivity (Wildman–Crippen MR) is 40.1 cm³/mol. The molecule has 0 unspecified atom stereocenters. The third-order valence-electron chi connectivity index (χ3n) is 1.25. The predicted octanol–water partition coefficient (Wildman–Crippen LogP) is -3.62. The Labute approximate surface area is 88.1 Å². The first-order chi connectivity index (χ1) is 5.52. The van der Waals surface area contributed by atoms with Crippen molar-refractivity contribution in [3.63, 3.8) is 0 Å². The molecule has 0 saturated carbocycles. The first kappa shape index (κ1) is 12.4. The van der Waals surface area contributed by atoms with Gasteiger partial charge < -0.3 is 4.55 Å². The molecular weight excluding hydrogens is 189 g/mol. The molecule has 0 aromatic carbocycles. The van der Waals surface area contributed by atoms with E-state index in [-0.39, 0.29) is 24.5 Å². The van der Waals surface area contributed by atoms with Crippen LogP contribution in [0.4, 0.5) is 5.69 Å². The van der Waals surface area contributed by atoms with Gasteiger partial charge >= 0.3 is 18.9 Å². The fourth-order valence-corrected chi connectivity index (χ4v) is 0.935. The number of rotatable bonds is 2. The van der Waals surface area contributed by atoms with Crippen LogP contribution in [-0.4, -0.2) is 30.0 Å². The molecule has 1 aromatic rings. The van der Waals surface area contributed by atoms with Crippen molar-refractivity contribution in [1.29, 1.82) is 0 Å². The zero-order valence-corrected chi connectivity index (χ0v) is 8.02. The molecule has 0 bridgehead atoms. The zero-order chi connectivity index (χ0) is 9.19. The van der Waals surface area contributed by atoms with Crippen molar-refractivity contribution in [3.8, 4) is 0 Å². The summed E-state index contributed by atoms with van der Waals surface area (Å²) in [7, 11) is -3.31. The molecule has 0 N–H and O–H groups in total. The second kappa shape index (κ2) is 4.58. The van der Waals surface area contributed by atoms with Crippen LogP contribution in [0, 0.1) is 0 Å². The van der Waals surface area contributed by atoms with E-state index in [0.717, 1.165) is 7.05 Å². The van der Waals surface area contributed by atoms with E-state index in [1.54, 1.807) is 0 Å². The Morgan fingerprint density at radius 1 is 1.38 bits per heavy atom. The van der Waals surface area contributed by atoms with Crippen LogP contribution in [0.25, 0.3) is 0 Å². The molecular formula is C5H6LiN3O3S. The quantitative estimate of drug-likeness (QED) is 0.359. The van der Waals surface area contributed by atoms with E-state index in [1.165, 1.54) is 18.7 Å². The van der Waals surface area contributed by atoms with Gasteiger partial charge in [0.2, 0.25) is 0 Å². The van der Waals surface area contributed by atoms with Crippen LogP contribution in [-0.2, 0) is 10.3 Å². The molecule has 1 rings (SSSR count). The largest absolute Gasteiger partial charge is 1.00 e. The SMILES string of the molecule is CN(c1cncnc1)S(=O)(=O)[O-].[Li+]. The summed E-state index contributed by atoms with van der Waals surface area (Å²) in [6.07, 6.45) is 3.72. The van der Waals surface area contributed by atoms with E-state index in [0.29, 0.717) is 4.31 Å². The van der Waals surface area contributed by atoms with Gasteiger partial charge in [-0.25, -0.2) is 18.4 Å². The Morgan fingerprint density at radius 3 is 2.23 bits per heavy atom. The second-order valence-corrected chi connectivity index (χ2v) is 3.43. The van der Waals surface area contributed by atoms with Gasteiger partial charge in [0.25, 0.3) is 0 Å². The molecule has 0 fully saturated rings. The number of hydrogen-bond acceptors (Lipinski definition) is 5. The normalized spacial score (nSPS) is 10.3. The van der Waals surface area contributed by atoms with Gasteiger partial charge in [-0.15, -0.1) is 0 Å². The standard InChI is InChI=1S/C5H7N3O3S.Li/c1-8(12(9,10)11)5-2-6-4-7-3-5;/h2-4H,1H3,(H,9,10,11);/q;+1/p-1. The fraction of sp³-hybridized carbons (Fsp3) is 0.200. The van der Waals surface area contributed by atoms with Gasteiger partial charge in [-0.2, -0.15) is 0 Å². The molecule has 0 radical (unpaired) electrons. The minimum absolute atomic E-state index is 0. The molecule has 0 aliphatic heterocycles. The van der Waals surface area contributed by atoms with Crippen LogP contribution in [0.3, 0.4) is 0 Å². The van der Waals surface area contributed by atoms with Gasteiger partial charge in [0.05, 0.1) is 18.1 Å². The van der Waals surface area contributed by atoms with Gasteiger partial charge in [0, 0.05) is 7.05 Å². The molecule has 0 saturated heterocycles. The minimum atomic E-state index is -4.45. The van der Waals surface area contributed by atoms with Crippen molar-refractivity contribution >= 4 is 16.0 Å². The first-order valence-electron chi connectivity index (χ1n) is 2.96. The summed E-state index contributed by atoms with van der Waals surface area (Å²) in [4.78, 5) is 7.13. The molecule has 66 valence electrons.